The summed E-state index contributed by atoms with van der Waals surface area (Å²) >= 11 is 0. The molecule has 0 unspecified atom stereocenters. The lowest BCUT2D eigenvalue weighted by molar-refractivity contribution is -0.117. The van der Waals surface area contributed by atoms with Gasteiger partial charge in [0.05, 0.1) is 6.04 Å². The van der Waals surface area contributed by atoms with Crippen LogP contribution in [0.1, 0.15) is 44.4 Å². The number of benzene rings is 1. The van der Waals surface area contributed by atoms with Crippen molar-refractivity contribution in [2.75, 3.05) is 5.32 Å². The molecule has 20 heavy (non-hydrogen) atoms. The van der Waals surface area contributed by atoms with Crippen LogP contribution in [0.15, 0.2) is 22.6 Å². The molecule has 3 N–H and O–H groups in total. The Kier molecular flexibility index (Phi) is 3.44. The lowest BCUT2D eigenvalue weighted by Gasteiger charge is -2.10. The van der Waals surface area contributed by atoms with Crippen LogP contribution in [0.5, 0.6) is 0 Å². The molecule has 0 radical (unpaired) electrons. The van der Waals surface area contributed by atoms with Gasteiger partial charge in [0.1, 0.15) is 5.52 Å². The Morgan fingerprint density at radius 2 is 2.35 bits per heavy atom. The summed E-state index contributed by atoms with van der Waals surface area (Å²) in [5, 5.41) is 2.83. The first-order valence-corrected chi connectivity index (χ1v) is 7.14. The van der Waals surface area contributed by atoms with Gasteiger partial charge in [-0.1, -0.05) is 13.3 Å². The van der Waals surface area contributed by atoms with Crippen LogP contribution in [-0.4, -0.2) is 16.9 Å². The molecule has 106 valence electrons. The predicted octanol–water partition coefficient (Wildman–Crippen LogP) is 2.77. The Balaban J connectivity index is 1.76. The predicted molar refractivity (Wildman–Crippen MR) is 77.5 cm³/mol. The highest BCUT2D eigenvalue weighted by atomic mass is 16.3. The zero-order valence-electron chi connectivity index (χ0n) is 11.6. The van der Waals surface area contributed by atoms with Crippen LogP contribution in [0.25, 0.3) is 11.1 Å². The van der Waals surface area contributed by atoms with E-state index in [1.54, 1.807) is 0 Å². The van der Waals surface area contributed by atoms with E-state index in [1.165, 1.54) is 0 Å². The molecule has 5 nitrogen and oxygen atoms in total. The number of hydrogen-bond acceptors (Lipinski definition) is 4. The average Bonchev–Trinajstić information content (AvgIpc) is 3.19. The summed E-state index contributed by atoms with van der Waals surface area (Å²) in [5.41, 5.74) is 8.06. The third-order valence-electron chi connectivity index (χ3n) is 3.53. The largest absolute Gasteiger partial charge is 0.440 e. The van der Waals surface area contributed by atoms with Gasteiger partial charge in [0.25, 0.3) is 0 Å². The Hall–Kier alpha value is -1.88. The van der Waals surface area contributed by atoms with Crippen molar-refractivity contribution in [1.29, 1.82) is 0 Å². The Morgan fingerprint density at radius 1 is 1.55 bits per heavy atom. The molecular formula is C15H19N3O2. The number of nitrogens with one attached hydrogen (secondary N) is 1. The normalized spacial score (nSPS) is 16.3. The van der Waals surface area contributed by atoms with Gasteiger partial charge in [-0.15, -0.1) is 0 Å². The minimum absolute atomic E-state index is 0.155. The van der Waals surface area contributed by atoms with Crippen LogP contribution in [-0.2, 0) is 4.79 Å². The van der Waals surface area contributed by atoms with Crippen molar-refractivity contribution >= 4 is 22.7 Å². The van der Waals surface area contributed by atoms with Crippen LogP contribution < -0.4 is 11.1 Å². The molecule has 0 aliphatic heterocycles. The minimum Gasteiger partial charge on any atom is -0.440 e. The van der Waals surface area contributed by atoms with E-state index in [2.05, 4.69) is 10.3 Å². The Labute approximate surface area is 117 Å². The molecule has 5 heteroatoms. The van der Waals surface area contributed by atoms with E-state index in [9.17, 15) is 4.79 Å². The zero-order valence-corrected chi connectivity index (χ0v) is 11.6. The summed E-state index contributed by atoms with van der Waals surface area (Å²) in [6, 6.07) is 5.03. The van der Waals surface area contributed by atoms with Gasteiger partial charge in [-0.3, -0.25) is 4.79 Å². The molecule has 3 rings (SSSR count). The van der Waals surface area contributed by atoms with Gasteiger partial charge in [-0.05, 0) is 37.5 Å². The van der Waals surface area contributed by atoms with Crippen molar-refractivity contribution in [3.8, 4) is 0 Å². The molecule has 1 fully saturated rings. The van der Waals surface area contributed by atoms with E-state index >= 15 is 0 Å². The van der Waals surface area contributed by atoms with Crippen LogP contribution in [0, 0.1) is 0 Å². The van der Waals surface area contributed by atoms with Crippen molar-refractivity contribution in [2.24, 2.45) is 5.73 Å². The van der Waals surface area contributed by atoms with Gasteiger partial charge in [-0.25, -0.2) is 4.98 Å². The van der Waals surface area contributed by atoms with Crippen molar-refractivity contribution < 1.29 is 9.21 Å². The van der Waals surface area contributed by atoms with Gasteiger partial charge in [-0.2, -0.15) is 0 Å². The first-order valence-electron chi connectivity index (χ1n) is 7.14. The molecule has 1 heterocycles. The number of aromatic nitrogens is 1. The fraction of sp³-hybridized carbons (Fsp3) is 0.467. The first-order chi connectivity index (χ1) is 9.67. The van der Waals surface area contributed by atoms with E-state index < -0.39 is 6.04 Å². The highest BCUT2D eigenvalue weighted by Crippen LogP contribution is 2.40. The van der Waals surface area contributed by atoms with E-state index in [4.69, 9.17) is 10.2 Å². The molecule has 0 bridgehead atoms. The van der Waals surface area contributed by atoms with Crippen molar-refractivity contribution in [2.45, 2.75) is 44.6 Å². The number of carbonyl (C=O) groups excluding carboxylic acids is 1. The zero-order chi connectivity index (χ0) is 14.1. The van der Waals surface area contributed by atoms with Crippen LogP contribution in [0.3, 0.4) is 0 Å². The highest BCUT2D eigenvalue weighted by Gasteiger charge is 2.28. The number of fused-ring (bicyclic) bond motifs is 1. The molecule has 1 amide bonds. The maximum atomic E-state index is 11.9. The molecule has 1 aliphatic carbocycles. The lowest BCUT2D eigenvalue weighted by atomic mass is 10.1. The first kappa shape index (κ1) is 13.1. The summed E-state index contributed by atoms with van der Waals surface area (Å²) in [5.74, 6) is 1.14. The Morgan fingerprint density at radius 3 is 3.05 bits per heavy atom. The van der Waals surface area contributed by atoms with Gasteiger partial charge >= 0.3 is 0 Å². The number of hydrogen-bond donors (Lipinski definition) is 2. The number of rotatable bonds is 5. The maximum Gasteiger partial charge on any atom is 0.241 e. The van der Waals surface area contributed by atoms with Gasteiger partial charge in [0.2, 0.25) is 5.91 Å². The van der Waals surface area contributed by atoms with Crippen molar-refractivity contribution in [1.82, 2.24) is 4.98 Å². The van der Waals surface area contributed by atoms with E-state index in [0.29, 0.717) is 18.0 Å². The monoisotopic (exact) mass is 273 g/mol. The molecule has 1 atom stereocenters. The molecule has 1 saturated carbocycles. The number of nitrogens with two attached hydrogens (primary N) is 1. The van der Waals surface area contributed by atoms with Crippen LogP contribution in [0.4, 0.5) is 5.69 Å². The summed E-state index contributed by atoms with van der Waals surface area (Å²) in [6.07, 6.45) is 3.89. The van der Waals surface area contributed by atoms with E-state index in [-0.39, 0.29) is 5.91 Å². The second-order valence-electron chi connectivity index (χ2n) is 5.39. The maximum absolute atomic E-state index is 11.9. The van der Waals surface area contributed by atoms with Gasteiger partial charge in [0.15, 0.2) is 11.5 Å². The van der Waals surface area contributed by atoms with Crippen LogP contribution in [0.2, 0.25) is 0 Å². The molecule has 2 aromatic rings. The summed E-state index contributed by atoms with van der Waals surface area (Å²) in [7, 11) is 0. The smallest absolute Gasteiger partial charge is 0.241 e. The summed E-state index contributed by atoms with van der Waals surface area (Å²) in [6.45, 7) is 2.01. The standard InChI is InChI=1S/C15H19N3O2/c1-2-3-11(16)14(19)17-10-6-7-13-12(8-10)18-15(20-13)9-4-5-9/h6-9,11H,2-5,16H2,1H3,(H,17,19)/t11-/m1/s1. The van der Waals surface area contributed by atoms with Gasteiger partial charge in [0, 0.05) is 11.6 Å². The third-order valence-corrected chi connectivity index (χ3v) is 3.53. The molecule has 1 aliphatic rings. The quantitative estimate of drug-likeness (QED) is 0.877. The minimum atomic E-state index is -0.463. The molecule has 1 aromatic heterocycles. The molecule has 1 aromatic carbocycles. The topological polar surface area (TPSA) is 81.2 Å². The fourth-order valence-electron chi connectivity index (χ4n) is 2.20. The van der Waals surface area contributed by atoms with Crippen molar-refractivity contribution in [3.63, 3.8) is 0 Å². The summed E-state index contributed by atoms with van der Waals surface area (Å²) < 4.78 is 5.69. The molecule has 0 saturated heterocycles. The number of nitrogens with zero attached hydrogens (tertiary/aromatic N) is 1. The van der Waals surface area contributed by atoms with Crippen molar-refractivity contribution in [3.05, 3.63) is 24.1 Å². The second kappa shape index (κ2) is 5.25. The third kappa shape index (κ3) is 2.67. The fourth-order valence-corrected chi connectivity index (χ4v) is 2.20. The SMILES string of the molecule is CCC[C@@H](N)C(=O)Nc1ccc2oc(C3CC3)nc2c1. The highest BCUT2D eigenvalue weighted by molar-refractivity contribution is 5.96. The van der Waals surface area contributed by atoms with E-state index in [1.807, 2.05) is 25.1 Å². The Bertz CT molecular complexity index is 631. The number of carbonyl (C=O) groups is 1. The van der Waals surface area contributed by atoms with E-state index in [0.717, 1.165) is 36.3 Å². The lowest BCUT2D eigenvalue weighted by Crippen LogP contribution is -2.35. The number of anilines is 1. The molecular weight excluding hydrogens is 254 g/mol. The van der Waals surface area contributed by atoms with Crippen LogP contribution >= 0.6 is 0 Å². The number of amides is 1. The second-order valence-corrected chi connectivity index (χ2v) is 5.39. The van der Waals surface area contributed by atoms with Gasteiger partial charge < -0.3 is 15.5 Å². The summed E-state index contributed by atoms with van der Waals surface area (Å²) in [4.78, 5) is 16.4. The average molecular weight is 273 g/mol. The molecule has 0 spiro atoms. The number of oxazole rings is 1.